The van der Waals surface area contributed by atoms with E-state index in [1.807, 2.05) is 0 Å². The van der Waals surface area contributed by atoms with Gasteiger partial charge in [0.25, 0.3) is 0 Å². The SMILES string of the molecule is CN=C(NCCNC(C)(C)C)NC(C)c1ccccc1C. The van der Waals surface area contributed by atoms with Crippen LogP contribution in [0.25, 0.3) is 0 Å². The number of aliphatic imine (C=N–C) groups is 1. The minimum atomic E-state index is 0.146. The summed E-state index contributed by atoms with van der Waals surface area (Å²) in [5.74, 6) is 0.835. The van der Waals surface area contributed by atoms with Gasteiger partial charge >= 0.3 is 0 Å². The normalized spacial score (nSPS) is 13.9. The van der Waals surface area contributed by atoms with Gasteiger partial charge < -0.3 is 16.0 Å². The lowest BCUT2D eigenvalue weighted by molar-refractivity contribution is 0.428. The zero-order chi connectivity index (χ0) is 15.9. The molecule has 1 aromatic carbocycles. The summed E-state index contributed by atoms with van der Waals surface area (Å²) in [5, 5.41) is 10.2. The molecule has 0 aliphatic heterocycles. The Bertz CT molecular complexity index is 460. The number of guanidine groups is 1. The van der Waals surface area contributed by atoms with Gasteiger partial charge in [-0.2, -0.15) is 0 Å². The first-order chi connectivity index (χ1) is 9.83. The molecule has 1 rings (SSSR count). The van der Waals surface area contributed by atoms with E-state index in [0.717, 1.165) is 19.0 Å². The lowest BCUT2D eigenvalue weighted by atomic mass is 10.0. The highest BCUT2D eigenvalue weighted by Gasteiger charge is 2.10. The molecule has 0 amide bonds. The van der Waals surface area contributed by atoms with Gasteiger partial charge in [0, 0.05) is 25.7 Å². The van der Waals surface area contributed by atoms with Crippen molar-refractivity contribution in [3.8, 4) is 0 Å². The molecule has 1 aromatic rings. The van der Waals surface area contributed by atoms with Crippen LogP contribution < -0.4 is 16.0 Å². The van der Waals surface area contributed by atoms with Crippen molar-refractivity contribution in [1.29, 1.82) is 0 Å². The van der Waals surface area contributed by atoms with Crippen molar-refractivity contribution in [3.63, 3.8) is 0 Å². The van der Waals surface area contributed by atoms with Crippen molar-refractivity contribution in [3.05, 3.63) is 35.4 Å². The smallest absolute Gasteiger partial charge is 0.191 e. The molecule has 0 radical (unpaired) electrons. The van der Waals surface area contributed by atoms with Gasteiger partial charge in [-0.15, -0.1) is 0 Å². The Morgan fingerprint density at radius 3 is 2.43 bits per heavy atom. The standard InChI is InChI=1S/C17H30N4/c1-13-9-7-8-10-15(13)14(2)21-16(18-6)19-11-12-20-17(3,4)5/h7-10,14,20H,11-12H2,1-6H3,(H2,18,19,21). The number of hydrogen-bond donors (Lipinski definition) is 3. The van der Waals surface area contributed by atoms with E-state index in [-0.39, 0.29) is 11.6 Å². The van der Waals surface area contributed by atoms with Crippen molar-refractivity contribution >= 4 is 5.96 Å². The molecule has 0 heterocycles. The summed E-state index contributed by atoms with van der Waals surface area (Å²) in [5.41, 5.74) is 2.74. The van der Waals surface area contributed by atoms with Crippen molar-refractivity contribution in [2.75, 3.05) is 20.1 Å². The summed E-state index contributed by atoms with van der Waals surface area (Å²) in [6, 6.07) is 8.66. The molecule has 0 saturated heterocycles. The Hall–Kier alpha value is -1.55. The van der Waals surface area contributed by atoms with E-state index < -0.39 is 0 Å². The largest absolute Gasteiger partial charge is 0.355 e. The molecule has 0 aliphatic rings. The molecule has 0 bridgehead atoms. The Morgan fingerprint density at radius 1 is 1.19 bits per heavy atom. The molecule has 21 heavy (non-hydrogen) atoms. The third-order valence-electron chi connectivity index (χ3n) is 3.30. The van der Waals surface area contributed by atoms with Gasteiger partial charge in [0.2, 0.25) is 0 Å². The summed E-state index contributed by atoms with van der Waals surface area (Å²) in [6.45, 7) is 12.5. The zero-order valence-electron chi connectivity index (χ0n) is 14.2. The molecule has 0 fully saturated rings. The van der Waals surface area contributed by atoms with Crippen LogP contribution in [0.2, 0.25) is 0 Å². The van der Waals surface area contributed by atoms with Crippen LogP contribution in [0.3, 0.4) is 0 Å². The first-order valence-electron chi connectivity index (χ1n) is 7.61. The molecule has 4 heteroatoms. The maximum absolute atomic E-state index is 4.28. The van der Waals surface area contributed by atoms with Gasteiger partial charge in [0.1, 0.15) is 0 Å². The number of hydrogen-bond acceptors (Lipinski definition) is 2. The van der Waals surface area contributed by atoms with Gasteiger partial charge in [0.15, 0.2) is 5.96 Å². The lowest BCUT2D eigenvalue weighted by Gasteiger charge is -2.22. The van der Waals surface area contributed by atoms with Gasteiger partial charge in [-0.1, -0.05) is 24.3 Å². The van der Waals surface area contributed by atoms with E-state index in [1.54, 1.807) is 7.05 Å². The fourth-order valence-electron chi connectivity index (χ4n) is 2.17. The van der Waals surface area contributed by atoms with E-state index in [2.05, 4.69) is 79.8 Å². The Balaban J connectivity index is 2.46. The van der Waals surface area contributed by atoms with Crippen molar-refractivity contribution < 1.29 is 0 Å². The monoisotopic (exact) mass is 290 g/mol. The third kappa shape index (κ3) is 6.63. The highest BCUT2D eigenvalue weighted by Crippen LogP contribution is 2.16. The molecule has 1 atom stereocenters. The van der Waals surface area contributed by atoms with Crippen LogP contribution in [0.5, 0.6) is 0 Å². The maximum atomic E-state index is 4.28. The summed E-state index contributed by atoms with van der Waals surface area (Å²) in [6.07, 6.45) is 0. The predicted molar refractivity (Wildman–Crippen MR) is 91.8 cm³/mol. The lowest BCUT2D eigenvalue weighted by Crippen LogP contribution is -2.45. The second-order valence-electron chi connectivity index (χ2n) is 6.40. The minimum Gasteiger partial charge on any atom is -0.355 e. The first kappa shape index (κ1) is 17.5. The highest BCUT2D eigenvalue weighted by atomic mass is 15.2. The van der Waals surface area contributed by atoms with Crippen molar-refractivity contribution in [2.24, 2.45) is 4.99 Å². The van der Waals surface area contributed by atoms with Crippen LogP contribution in [-0.4, -0.2) is 31.6 Å². The quantitative estimate of drug-likeness (QED) is 0.444. The highest BCUT2D eigenvalue weighted by molar-refractivity contribution is 5.80. The Kier molecular flexibility index (Phi) is 6.69. The number of aryl methyl sites for hydroxylation is 1. The molecule has 1 unspecified atom stereocenters. The molecule has 4 nitrogen and oxygen atoms in total. The molecule has 3 N–H and O–H groups in total. The average Bonchev–Trinajstić information content (AvgIpc) is 2.41. The van der Waals surface area contributed by atoms with Crippen LogP contribution >= 0.6 is 0 Å². The van der Waals surface area contributed by atoms with Gasteiger partial charge in [-0.05, 0) is 45.7 Å². The molecular formula is C17H30N4. The van der Waals surface area contributed by atoms with Gasteiger partial charge in [0.05, 0.1) is 6.04 Å². The summed E-state index contributed by atoms with van der Waals surface area (Å²) in [4.78, 5) is 4.28. The van der Waals surface area contributed by atoms with E-state index >= 15 is 0 Å². The predicted octanol–water partition coefficient (Wildman–Crippen LogP) is 2.61. The molecular weight excluding hydrogens is 260 g/mol. The van der Waals surface area contributed by atoms with Crippen LogP contribution in [0.15, 0.2) is 29.3 Å². The molecule has 118 valence electrons. The van der Waals surface area contributed by atoms with Crippen LogP contribution in [0.1, 0.15) is 44.9 Å². The number of benzene rings is 1. The average molecular weight is 290 g/mol. The topological polar surface area (TPSA) is 48.5 Å². The van der Waals surface area contributed by atoms with Crippen molar-refractivity contribution in [1.82, 2.24) is 16.0 Å². The first-order valence-corrected chi connectivity index (χ1v) is 7.61. The van der Waals surface area contributed by atoms with Crippen LogP contribution in [0, 0.1) is 6.92 Å². The van der Waals surface area contributed by atoms with E-state index in [1.165, 1.54) is 11.1 Å². The van der Waals surface area contributed by atoms with Gasteiger partial charge in [-0.3, -0.25) is 4.99 Å². The number of nitrogens with one attached hydrogen (secondary N) is 3. The third-order valence-corrected chi connectivity index (χ3v) is 3.30. The number of nitrogens with zero attached hydrogens (tertiary/aromatic N) is 1. The Labute approximate surface area is 129 Å². The minimum absolute atomic E-state index is 0.146. The summed E-state index contributed by atoms with van der Waals surface area (Å²) >= 11 is 0. The summed E-state index contributed by atoms with van der Waals surface area (Å²) in [7, 11) is 1.80. The van der Waals surface area contributed by atoms with Gasteiger partial charge in [-0.25, -0.2) is 0 Å². The molecule has 0 aliphatic carbocycles. The van der Waals surface area contributed by atoms with Crippen LogP contribution in [0.4, 0.5) is 0 Å². The number of rotatable bonds is 5. The van der Waals surface area contributed by atoms with E-state index in [0.29, 0.717) is 0 Å². The second-order valence-corrected chi connectivity index (χ2v) is 6.40. The Morgan fingerprint density at radius 2 is 1.86 bits per heavy atom. The molecule has 0 saturated carbocycles. The fraction of sp³-hybridized carbons (Fsp3) is 0.588. The fourth-order valence-corrected chi connectivity index (χ4v) is 2.17. The summed E-state index contributed by atoms with van der Waals surface area (Å²) < 4.78 is 0. The van der Waals surface area contributed by atoms with E-state index in [4.69, 9.17) is 0 Å². The molecule has 0 spiro atoms. The van der Waals surface area contributed by atoms with Crippen molar-refractivity contribution in [2.45, 2.75) is 46.2 Å². The van der Waals surface area contributed by atoms with E-state index in [9.17, 15) is 0 Å². The zero-order valence-corrected chi connectivity index (χ0v) is 14.2. The second kappa shape index (κ2) is 8.03. The van der Waals surface area contributed by atoms with Crippen LogP contribution in [-0.2, 0) is 0 Å². The maximum Gasteiger partial charge on any atom is 0.191 e. The molecule has 0 aromatic heterocycles.